The summed E-state index contributed by atoms with van der Waals surface area (Å²) in [7, 11) is 0. The third-order valence-electron chi connectivity index (χ3n) is 2.48. The zero-order valence-corrected chi connectivity index (χ0v) is 9.00. The van der Waals surface area contributed by atoms with Gasteiger partial charge in [-0.1, -0.05) is 18.2 Å². The minimum Gasteiger partial charge on any atom is -0.507 e. The van der Waals surface area contributed by atoms with Crippen LogP contribution in [0.1, 0.15) is 5.56 Å². The molecule has 0 fully saturated rings. The highest BCUT2D eigenvalue weighted by molar-refractivity contribution is 5.73. The first-order chi connectivity index (χ1) is 8.39. The molecule has 94 valence electrons. The lowest BCUT2D eigenvalue weighted by Gasteiger charge is -2.13. The standard InChI is InChI=1S/C13H8F4O/c14-8-5-6-12(18)10(7-8)9-3-1-2-4-11(9)13(15,16)17/h1-7,18H. The van der Waals surface area contributed by atoms with Gasteiger partial charge in [-0.05, 0) is 29.8 Å². The Morgan fingerprint density at radius 3 is 2.22 bits per heavy atom. The second-order valence-electron chi connectivity index (χ2n) is 3.70. The van der Waals surface area contributed by atoms with E-state index < -0.39 is 23.3 Å². The quantitative estimate of drug-likeness (QED) is 0.757. The summed E-state index contributed by atoms with van der Waals surface area (Å²) in [5, 5.41) is 9.54. The van der Waals surface area contributed by atoms with Crippen LogP contribution in [0.25, 0.3) is 11.1 Å². The van der Waals surface area contributed by atoms with Crippen molar-refractivity contribution >= 4 is 0 Å². The first kappa shape index (κ1) is 12.4. The van der Waals surface area contributed by atoms with E-state index in [9.17, 15) is 22.7 Å². The summed E-state index contributed by atoms with van der Waals surface area (Å²) in [4.78, 5) is 0. The Morgan fingerprint density at radius 2 is 1.56 bits per heavy atom. The minimum absolute atomic E-state index is 0.178. The molecule has 1 nitrogen and oxygen atoms in total. The second-order valence-corrected chi connectivity index (χ2v) is 3.70. The van der Waals surface area contributed by atoms with Gasteiger partial charge < -0.3 is 5.11 Å². The fourth-order valence-electron chi connectivity index (χ4n) is 1.69. The van der Waals surface area contributed by atoms with Crippen molar-refractivity contribution in [1.82, 2.24) is 0 Å². The van der Waals surface area contributed by atoms with Gasteiger partial charge in [0.25, 0.3) is 0 Å². The molecule has 2 rings (SSSR count). The number of hydrogen-bond donors (Lipinski definition) is 1. The van der Waals surface area contributed by atoms with Crippen molar-refractivity contribution in [3.8, 4) is 16.9 Å². The van der Waals surface area contributed by atoms with Gasteiger partial charge in [0.05, 0.1) is 5.56 Å². The molecule has 0 saturated carbocycles. The molecule has 0 atom stereocenters. The molecular formula is C13H8F4O. The molecule has 0 aliphatic carbocycles. The number of rotatable bonds is 1. The van der Waals surface area contributed by atoms with Gasteiger partial charge in [-0.3, -0.25) is 0 Å². The number of phenols is 1. The molecule has 2 aromatic carbocycles. The van der Waals surface area contributed by atoms with Crippen LogP contribution in [0.15, 0.2) is 42.5 Å². The summed E-state index contributed by atoms with van der Waals surface area (Å²) in [5.41, 5.74) is -1.34. The number of phenolic OH excluding ortho intramolecular Hbond substituents is 1. The molecule has 2 aromatic rings. The third-order valence-corrected chi connectivity index (χ3v) is 2.48. The minimum atomic E-state index is -4.56. The van der Waals surface area contributed by atoms with E-state index in [1.165, 1.54) is 18.2 Å². The van der Waals surface area contributed by atoms with Crippen molar-refractivity contribution in [3.05, 3.63) is 53.8 Å². The number of alkyl halides is 3. The van der Waals surface area contributed by atoms with Gasteiger partial charge in [0, 0.05) is 5.56 Å². The van der Waals surface area contributed by atoms with Crippen molar-refractivity contribution in [3.63, 3.8) is 0 Å². The maximum absolute atomic E-state index is 13.1. The van der Waals surface area contributed by atoms with E-state index in [0.29, 0.717) is 0 Å². The van der Waals surface area contributed by atoms with Gasteiger partial charge in [-0.25, -0.2) is 4.39 Å². The lowest BCUT2D eigenvalue weighted by atomic mass is 9.98. The molecule has 0 aliphatic heterocycles. The molecular weight excluding hydrogens is 248 g/mol. The Morgan fingerprint density at radius 1 is 0.889 bits per heavy atom. The molecule has 0 bridgehead atoms. The SMILES string of the molecule is Oc1ccc(F)cc1-c1ccccc1C(F)(F)F. The van der Waals surface area contributed by atoms with Crippen LogP contribution in [0.3, 0.4) is 0 Å². The molecule has 0 aliphatic rings. The van der Waals surface area contributed by atoms with E-state index in [1.807, 2.05) is 0 Å². The highest BCUT2D eigenvalue weighted by atomic mass is 19.4. The first-order valence-corrected chi connectivity index (χ1v) is 5.04. The van der Waals surface area contributed by atoms with Crippen LogP contribution < -0.4 is 0 Å². The van der Waals surface area contributed by atoms with Gasteiger partial charge in [-0.15, -0.1) is 0 Å². The van der Waals surface area contributed by atoms with Crippen molar-refractivity contribution in [2.24, 2.45) is 0 Å². The van der Waals surface area contributed by atoms with Gasteiger partial charge in [0.2, 0.25) is 0 Å². The number of benzene rings is 2. The highest BCUT2D eigenvalue weighted by Crippen LogP contribution is 2.39. The van der Waals surface area contributed by atoms with E-state index in [0.717, 1.165) is 24.3 Å². The zero-order valence-electron chi connectivity index (χ0n) is 9.00. The highest BCUT2D eigenvalue weighted by Gasteiger charge is 2.33. The van der Waals surface area contributed by atoms with Crippen molar-refractivity contribution in [2.75, 3.05) is 0 Å². The predicted molar refractivity (Wildman–Crippen MR) is 58.5 cm³/mol. The van der Waals surface area contributed by atoms with Crippen LogP contribution in [0.5, 0.6) is 5.75 Å². The summed E-state index contributed by atoms with van der Waals surface area (Å²) >= 11 is 0. The molecule has 0 radical (unpaired) electrons. The number of aromatic hydroxyl groups is 1. The third kappa shape index (κ3) is 2.30. The van der Waals surface area contributed by atoms with Gasteiger partial charge in [-0.2, -0.15) is 13.2 Å². The van der Waals surface area contributed by atoms with Crippen LogP contribution in [0.2, 0.25) is 0 Å². The fourth-order valence-corrected chi connectivity index (χ4v) is 1.69. The molecule has 0 unspecified atom stereocenters. The van der Waals surface area contributed by atoms with Crippen LogP contribution in [-0.2, 0) is 6.18 Å². The van der Waals surface area contributed by atoms with Crippen LogP contribution in [0.4, 0.5) is 17.6 Å². The Balaban J connectivity index is 2.68. The molecule has 0 saturated heterocycles. The number of hydrogen-bond acceptors (Lipinski definition) is 1. The second kappa shape index (κ2) is 4.33. The predicted octanol–water partition coefficient (Wildman–Crippen LogP) is 4.22. The van der Waals surface area contributed by atoms with E-state index in [-0.39, 0.29) is 11.1 Å². The average molecular weight is 256 g/mol. The molecule has 5 heteroatoms. The monoisotopic (exact) mass is 256 g/mol. The topological polar surface area (TPSA) is 20.2 Å². The Bertz CT molecular complexity index is 575. The Kier molecular flexibility index (Phi) is 2.98. The maximum atomic E-state index is 13.1. The van der Waals surface area contributed by atoms with E-state index >= 15 is 0 Å². The maximum Gasteiger partial charge on any atom is 0.417 e. The normalized spacial score (nSPS) is 11.6. The zero-order chi connectivity index (χ0) is 13.3. The van der Waals surface area contributed by atoms with Crippen molar-refractivity contribution in [2.45, 2.75) is 6.18 Å². The number of halogens is 4. The molecule has 1 N–H and O–H groups in total. The van der Waals surface area contributed by atoms with E-state index in [2.05, 4.69) is 0 Å². The van der Waals surface area contributed by atoms with Gasteiger partial charge in [0.1, 0.15) is 11.6 Å². The van der Waals surface area contributed by atoms with Gasteiger partial charge in [0.15, 0.2) is 0 Å². The fraction of sp³-hybridized carbons (Fsp3) is 0.0769. The van der Waals surface area contributed by atoms with Crippen LogP contribution >= 0.6 is 0 Å². The summed E-state index contributed by atoms with van der Waals surface area (Å²) in [6.07, 6.45) is -4.56. The lowest BCUT2D eigenvalue weighted by molar-refractivity contribution is -0.137. The summed E-state index contributed by atoms with van der Waals surface area (Å²) in [5.74, 6) is -1.10. The van der Waals surface area contributed by atoms with E-state index in [4.69, 9.17) is 0 Å². The smallest absolute Gasteiger partial charge is 0.417 e. The van der Waals surface area contributed by atoms with Crippen LogP contribution in [0, 0.1) is 5.82 Å². The molecule has 18 heavy (non-hydrogen) atoms. The molecule has 0 aromatic heterocycles. The lowest BCUT2D eigenvalue weighted by Crippen LogP contribution is -2.06. The molecule has 0 heterocycles. The average Bonchev–Trinajstić information content (AvgIpc) is 2.31. The first-order valence-electron chi connectivity index (χ1n) is 5.04. The largest absolute Gasteiger partial charge is 0.507 e. The Hall–Kier alpha value is -2.04. The molecule has 0 amide bonds. The van der Waals surface area contributed by atoms with Crippen molar-refractivity contribution < 1.29 is 22.7 Å². The summed E-state index contributed by atoms with van der Waals surface area (Å²) in [6, 6.07) is 7.60. The van der Waals surface area contributed by atoms with E-state index in [1.54, 1.807) is 0 Å². The van der Waals surface area contributed by atoms with Crippen molar-refractivity contribution in [1.29, 1.82) is 0 Å². The Labute approximate surface area is 100 Å². The molecule has 0 spiro atoms. The summed E-state index contributed by atoms with van der Waals surface area (Å²) in [6.45, 7) is 0. The van der Waals surface area contributed by atoms with Gasteiger partial charge >= 0.3 is 6.18 Å². The van der Waals surface area contributed by atoms with Crippen LogP contribution in [-0.4, -0.2) is 5.11 Å². The summed E-state index contributed by atoms with van der Waals surface area (Å²) < 4.78 is 51.4.